The van der Waals surface area contributed by atoms with Gasteiger partial charge in [-0.2, -0.15) is 0 Å². The monoisotopic (exact) mass is 253 g/mol. The molecule has 0 saturated heterocycles. The first-order chi connectivity index (χ1) is 6.58. The van der Waals surface area contributed by atoms with E-state index in [9.17, 15) is 9.90 Å². The van der Waals surface area contributed by atoms with E-state index in [0.717, 1.165) is 20.9 Å². The fourth-order valence-electron chi connectivity index (χ4n) is 1.44. The summed E-state index contributed by atoms with van der Waals surface area (Å²) >= 11 is 3.35. The van der Waals surface area contributed by atoms with Gasteiger partial charge in [0.25, 0.3) is 5.56 Å². The Hall–Kier alpha value is -1.29. The fraction of sp³-hybridized carbons (Fsp3) is 0.100. The normalized spacial score (nSPS) is 10.7. The molecule has 0 aliphatic heterocycles. The Labute approximate surface area is 88.5 Å². The van der Waals surface area contributed by atoms with Gasteiger partial charge in [-0.3, -0.25) is 4.79 Å². The van der Waals surface area contributed by atoms with E-state index in [-0.39, 0.29) is 5.75 Å². The molecule has 0 unspecified atom stereocenters. The molecular formula is C10H8BrNO2. The minimum absolute atomic E-state index is 0.255. The van der Waals surface area contributed by atoms with E-state index in [2.05, 4.69) is 20.9 Å². The van der Waals surface area contributed by atoms with Crippen LogP contribution in [0.15, 0.2) is 27.5 Å². The number of nitrogens with one attached hydrogen (secondary N) is 1. The summed E-state index contributed by atoms with van der Waals surface area (Å²) in [4.78, 5) is 13.8. The molecule has 4 heteroatoms. The summed E-state index contributed by atoms with van der Waals surface area (Å²) in [5.74, 6) is -0.255. The lowest BCUT2D eigenvalue weighted by Crippen LogP contribution is -2.05. The first-order valence-corrected chi connectivity index (χ1v) is 4.89. The number of pyridine rings is 1. The second-order valence-corrected chi connectivity index (χ2v) is 4.09. The number of hydrogen-bond acceptors (Lipinski definition) is 2. The lowest BCUT2D eigenvalue weighted by molar-refractivity contribution is 0.468. The molecule has 2 rings (SSSR count). The first-order valence-electron chi connectivity index (χ1n) is 4.10. The number of rotatable bonds is 0. The van der Waals surface area contributed by atoms with Gasteiger partial charge in [-0.15, -0.1) is 0 Å². The second-order valence-electron chi connectivity index (χ2n) is 3.17. The Morgan fingerprint density at radius 3 is 2.79 bits per heavy atom. The molecule has 2 aromatic rings. The minimum Gasteiger partial charge on any atom is -0.503 e. The van der Waals surface area contributed by atoms with Crippen LogP contribution in [0.4, 0.5) is 0 Å². The zero-order valence-electron chi connectivity index (χ0n) is 7.47. The van der Waals surface area contributed by atoms with Crippen molar-refractivity contribution in [2.75, 3.05) is 0 Å². The minimum atomic E-state index is -0.456. The zero-order valence-corrected chi connectivity index (χ0v) is 9.05. The lowest BCUT2D eigenvalue weighted by atomic mass is 10.1. The highest BCUT2D eigenvalue weighted by atomic mass is 79.9. The number of aromatic amines is 1. The maximum atomic E-state index is 11.2. The van der Waals surface area contributed by atoms with E-state index in [0.29, 0.717) is 0 Å². The number of halogens is 1. The second kappa shape index (κ2) is 3.13. The van der Waals surface area contributed by atoms with Crippen molar-refractivity contribution >= 4 is 26.8 Å². The number of benzene rings is 1. The molecule has 0 amide bonds. The topological polar surface area (TPSA) is 53.1 Å². The maximum absolute atomic E-state index is 11.2. The van der Waals surface area contributed by atoms with Gasteiger partial charge in [0.15, 0.2) is 5.75 Å². The van der Waals surface area contributed by atoms with Gasteiger partial charge in [0.2, 0.25) is 0 Å². The van der Waals surface area contributed by atoms with E-state index >= 15 is 0 Å². The molecule has 3 nitrogen and oxygen atoms in total. The molecular weight excluding hydrogens is 246 g/mol. The van der Waals surface area contributed by atoms with Crippen molar-refractivity contribution in [1.29, 1.82) is 0 Å². The van der Waals surface area contributed by atoms with Gasteiger partial charge in [-0.05, 0) is 30.7 Å². The van der Waals surface area contributed by atoms with Gasteiger partial charge in [0.05, 0.1) is 5.52 Å². The van der Waals surface area contributed by atoms with Gasteiger partial charge in [-0.1, -0.05) is 15.9 Å². The van der Waals surface area contributed by atoms with Crippen molar-refractivity contribution in [1.82, 2.24) is 4.98 Å². The summed E-state index contributed by atoms with van der Waals surface area (Å²) < 4.78 is 0.925. The van der Waals surface area contributed by atoms with Crippen LogP contribution in [0.1, 0.15) is 5.56 Å². The Morgan fingerprint density at radius 1 is 1.36 bits per heavy atom. The van der Waals surface area contributed by atoms with E-state index in [4.69, 9.17) is 0 Å². The first kappa shape index (κ1) is 9.27. The molecule has 2 N–H and O–H groups in total. The number of aryl methyl sites for hydroxylation is 1. The van der Waals surface area contributed by atoms with Crippen molar-refractivity contribution in [3.8, 4) is 5.75 Å². The third-order valence-electron chi connectivity index (χ3n) is 2.09. The smallest absolute Gasteiger partial charge is 0.290 e. The van der Waals surface area contributed by atoms with Crippen LogP contribution in [0.3, 0.4) is 0 Å². The molecule has 0 bridgehead atoms. The van der Waals surface area contributed by atoms with Gasteiger partial charge < -0.3 is 10.1 Å². The number of aromatic nitrogens is 1. The third kappa shape index (κ3) is 1.42. The zero-order chi connectivity index (χ0) is 10.3. The number of fused-ring (bicyclic) bond motifs is 1. The lowest BCUT2D eigenvalue weighted by Gasteiger charge is -2.03. The standard InChI is InChI=1S/C10H8BrNO2/c1-5-2-7(11)3-6-4-8(13)10(14)12-9(5)6/h2-4,13H,1H3,(H,12,14). The molecule has 0 aliphatic rings. The molecule has 0 radical (unpaired) electrons. The van der Waals surface area contributed by atoms with Crippen molar-refractivity contribution in [3.05, 3.63) is 38.6 Å². The van der Waals surface area contributed by atoms with E-state index in [1.165, 1.54) is 6.07 Å². The number of hydrogen-bond donors (Lipinski definition) is 2. The Morgan fingerprint density at radius 2 is 2.07 bits per heavy atom. The quantitative estimate of drug-likeness (QED) is 0.757. The summed E-state index contributed by atoms with van der Waals surface area (Å²) in [5, 5.41) is 10.1. The highest BCUT2D eigenvalue weighted by molar-refractivity contribution is 9.10. The molecule has 0 aliphatic carbocycles. The van der Waals surface area contributed by atoms with E-state index < -0.39 is 5.56 Å². The van der Waals surface area contributed by atoms with Crippen molar-refractivity contribution in [3.63, 3.8) is 0 Å². The molecule has 72 valence electrons. The van der Waals surface area contributed by atoms with Gasteiger partial charge in [0.1, 0.15) is 0 Å². The van der Waals surface area contributed by atoms with Crippen molar-refractivity contribution in [2.24, 2.45) is 0 Å². The molecule has 0 atom stereocenters. The van der Waals surface area contributed by atoms with Crippen molar-refractivity contribution in [2.45, 2.75) is 6.92 Å². The van der Waals surface area contributed by atoms with E-state index in [1.807, 2.05) is 19.1 Å². The maximum Gasteiger partial charge on any atom is 0.290 e. The fourth-order valence-corrected chi connectivity index (χ4v) is 2.03. The Kier molecular flexibility index (Phi) is 2.07. The molecule has 1 aromatic heterocycles. The van der Waals surface area contributed by atoms with Crippen LogP contribution < -0.4 is 5.56 Å². The largest absolute Gasteiger partial charge is 0.503 e. The third-order valence-corrected chi connectivity index (χ3v) is 2.55. The molecule has 14 heavy (non-hydrogen) atoms. The van der Waals surface area contributed by atoms with Gasteiger partial charge >= 0.3 is 0 Å². The van der Waals surface area contributed by atoms with E-state index in [1.54, 1.807) is 0 Å². The molecule has 1 aromatic carbocycles. The predicted molar refractivity (Wildman–Crippen MR) is 58.7 cm³/mol. The van der Waals surface area contributed by atoms with Crippen LogP contribution in [0.2, 0.25) is 0 Å². The van der Waals surface area contributed by atoms with Crippen molar-refractivity contribution < 1.29 is 5.11 Å². The van der Waals surface area contributed by atoms with Crippen LogP contribution in [0.25, 0.3) is 10.9 Å². The molecule has 0 fully saturated rings. The number of H-pyrrole nitrogens is 1. The summed E-state index contributed by atoms with van der Waals surface area (Å²) in [6, 6.07) is 5.22. The average molecular weight is 254 g/mol. The Balaban J connectivity index is 2.96. The molecule has 0 saturated carbocycles. The van der Waals surface area contributed by atoms with Crippen LogP contribution >= 0.6 is 15.9 Å². The average Bonchev–Trinajstić information content (AvgIpc) is 2.08. The summed E-state index contributed by atoms with van der Waals surface area (Å²) in [6.07, 6.45) is 0. The van der Waals surface area contributed by atoms with Crippen LogP contribution in [0, 0.1) is 6.92 Å². The molecule has 1 heterocycles. The van der Waals surface area contributed by atoms with Crippen LogP contribution in [0.5, 0.6) is 5.75 Å². The number of aromatic hydroxyl groups is 1. The highest BCUT2D eigenvalue weighted by Crippen LogP contribution is 2.22. The summed E-state index contributed by atoms with van der Waals surface area (Å²) in [6.45, 7) is 1.90. The SMILES string of the molecule is Cc1cc(Br)cc2cc(O)c(=O)[nH]c12. The van der Waals surface area contributed by atoms with Gasteiger partial charge in [0, 0.05) is 9.86 Å². The summed E-state index contributed by atoms with van der Waals surface area (Å²) in [7, 11) is 0. The summed E-state index contributed by atoms with van der Waals surface area (Å²) in [5.41, 5.74) is 1.27. The van der Waals surface area contributed by atoms with Crippen LogP contribution in [-0.4, -0.2) is 10.1 Å². The van der Waals surface area contributed by atoms with Gasteiger partial charge in [-0.25, -0.2) is 0 Å². The predicted octanol–water partition coefficient (Wildman–Crippen LogP) is 2.30. The molecule has 0 spiro atoms. The highest BCUT2D eigenvalue weighted by Gasteiger charge is 2.03. The Bertz CT molecular complexity index is 560. The van der Waals surface area contributed by atoms with Crippen LogP contribution in [-0.2, 0) is 0 Å².